The second kappa shape index (κ2) is 9.82. The molecule has 4 heteroatoms. The highest BCUT2D eigenvalue weighted by Crippen LogP contribution is 2.22. The molecule has 0 amide bonds. The quantitative estimate of drug-likeness (QED) is 0.689. The largest absolute Gasteiger partial charge is 0.396 e. The average molecular weight is 306 g/mol. The van der Waals surface area contributed by atoms with Crippen LogP contribution in [-0.4, -0.2) is 50.0 Å². The highest BCUT2D eigenvalue weighted by molar-refractivity contribution is 5.51. The van der Waals surface area contributed by atoms with Crippen LogP contribution in [0.3, 0.4) is 0 Å². The molecule has 124 valence electrons. The van der Waals surface area contributed by atoms with Crippen molar-refractivity contribution in [2.75, 3.05) is 45.3 Å². The van der Waals surface area contributed by atoms with Crippen molar-refractivity contribution < 1.29 is 9.84 Å². The number of nitrogens with zero attached hydrogens (tertiary/aromatic N) is 1. The van der Waals surface area contributed by atoms with Gasteiger partial charge in [0.05, 0.1) is 0 Å². The van der Waals surface area contributed by atoms with Gasteiger partial charge in [-0.2, -0.15) is 0 Å². The summed E-state index contributed by atoms with van der Waals surface area (Å²) in [6.07, 6.45) is 4.45. The first-order valence-electron chi connectivity index (χ1n) is 8.47. The maximum absolute atomic E-state index is 9.23. The fourth-order valence-electron chi connectivity index (χ4n) is 2.99. The minimum Gasteiger partial charge on any atom is -0.396 e. The number of aliphatic hydroxyl groups excluding tert-OH is 1. The Morgan fingerprint density at radius 3 is 2.73 bits per heavy atom. The lowest BCUT2D eigenvalue weighted by molar-refractivity contribution is 0.127. The van der Waals surface area contributed by atoms with E-state index in [0.717, 1.165) is 58.5 Å². The van der Waals surface area contributed by atoms with Crippen LogP contribution in [0.1, 0.15) is 31.2 Å². The molecule has 1 aliphatic rings. The van der Waals surface area contributed by atoms with Crippen LogP contribution in [0.25, 0.3) is 0 Å². The summed E-state index contributed by atoms with van der Waals surface area (Å²) in [5.74, 6) is 0.505. The Bertz CT molecular complexity index is 417. The summed E-state index contributed by atoms with van der Waals surface area (Å²) in [6.45, 7) is 5.35. The predicted octanol–water partition coefficient (Wildman–Crippen LogP) is 2.73. The fourth-order valence-corrected chi connectivity index (χ4v) is 2.99. The predicted molar refractivity (Wildman–Crippen MR) is 91.1 cm³/mol. The standard InChI is InChI=1S/C18H30N2O2/c1-22-13-5-4-10-19-18-7-3-2-6-17(18)14-20-11-8-16(15-21)9-12-20/h2-3,6-7,16,19,21H,4-5,8-15H2,1H3. The van der Waals surface area contributed by atoms with E-state index in [1.54, 1.807) is 7.11 Å². The number of methoxy groups -OCH3 is 1. The Hall–Kier alpha value is -1.10. The Kier molecular flexibility index (Phi) is 7.71. The molecule has 0 radical (unpaired) electrons. The number of benzene rings is 1. The Labute approximate surface area is 134 Å². The van der Waals surface area contributed by atoms with Gasteiger partial charge in [0, 0.05) is 39.1 Å². The van der Waals surface area contributed by atoms with Gasteiger partial charge in [-0.3, -0.25) is 4.90 Å². The van der Waals surface area contributed by atoms with Crippen molar-refractivity contribution in [2.24, 2.45) is 5.92 Å². The van der Waals surface area contributed by atoms with E-state index in [2.05, 4.69) is 34.5 Å². The molecule has 1 fully saturated rings. The molecule has 1 aliphatic heterocycles. The van der Waals surface area contributed by atoms with Crippen molar-refractivity contribution in [1.29, 1.82) is 0 Å². The number of hydrogen-bond donors (Lipinski definition) is 2. The molecule has 2 N–H and O–H groups in total. The molecule has 1 aromatic carbocycles. The van der Waals surface area contributed by atoms with Crippen molar-refractivity contribution >= 4 is 5.69 Å². The minimum absolute atomic E-state index is 0.341. The van der Waals surface area contributed by atoms with Gasteiger partial charge in [0.25, 0.3) is 0 Å². The molecular weight excluding hydrogens is 276 g/mol. The number of unbranched alkanes of at least 4 members (excludes halogenated alkanes) is 1. The van der Waals surface area contributed by atoms with E-state index in [1.807, 2.05) is 0 Å². The summed E-state index contributed by atoms with van der Waals surface area (Å²) in [5.41, 5.74) is 2.63. The lowest BCUT2D eigenvalue weighted by Gasteiger charge is -2.31. The van der Waals surface area contributed by atoms with E-state index in [0.29, 0.717) is 12.5 Å². The average Bonchev–Trinajstić information content (AvgIpc) is 2.57. The third kappa shape index (κ3) is 5.59. The molecular formula is C18H30N2O2. The number of aliphatic hydroxyl groups is 1. The zero-order chi connectivity index (χ0) is 15.6. The number of ether oxygens (including phenoxy) is 1. The first kappa shape index (κ1) is 17.3. The smallest absolute Gasteiger partial charge is 0.0462 e. The monoisotopic (exact) mass is 306 g/mol. The van der Waals surface area contributed by atoms with Gasteiger partial charge in [0.2, 0.25) is 0 Å². The number of nitrogens with one attached hydrogen (secondary N) is 1. The summed E-state index contributed by atoms with van der Waals surface area (Å²) < 4.78 is 5.08. The number of para-hydroxylation sites is 1. The highest BCUT2D eigenvalue weighted by Gasteiger charge is 2.19. The summed E-state index contributed by atoms with van der Waals surface area (Å²) in [5, 5.41) is 12.8. The lowest BCUT2D eigenvalue weighted by Crippen LogP contribution is -2.34. The van der Waals surface area contributed by atoms with Crippen molar-refractivity contribution in [2.45, 2.75) is 32.2 Å². The number of piperidine rings is 1. The molecule has 0 aromatic heterocycles. The van der Waals surface area contributed by atoms with Gasteiger partial charge in [-0.15, -0.1) is 0 Å². The van der Waals surface area contributed by atoms with Crippen molar-refractivity contribution in [3.05, 3.63) is 29.8 Å². The summed E-state index contributed by atoms with van der Waals surface area (Å²) >= 11 is 0. The van der Waals surface area contributed by atoms with Crippen LogP contribution in [0.4, 0.5) is 5.69 Å². The fraction of sp³-hybridized carbons (Fsp3) is 0.667. The van der Waals surface area contributed by atoms with Crippen molar-refractivity contribution in [3.63, 3.8) is 0 Å². The lowest BCUT2D eigenvalue weighted by atomic mass is 9.97. The van der Waals surface area contributed by atoms with Crippen LogP contribution < -0.4 is 5.32 Å². The van der Waals surface area contributed by atoms with Crippen LogP contribution in [-0.2, 0) is 11.3 Å². The topological polar surface area (TPSA) is 44.7 Å². The van der Waals surface area contributed by atoms with Gasteiger partial charge in [0.1, 0.15) is 0 Å². The van der Waals surface area contributed by atoms with Crippen LogP contribution >= 0.6 is 0 Å². The molecule has 0 spiro atoms. The summed E-state index contributed by atoms with van der Waals surface area (Å²) in [7, 11) is 1.75. The van der Waals surface area contributed by atoms with Crippen LogP contribution in [0.5, 0.6) is 0 Å². The first-order valence-corrected chi connectivity index (χ1v) is 8.47. The molecule has 1 aromatic rings. The first-order chi connectivity index (χ1) is 10.8. The van der Waals surface area contributed by atoms with E-state index in [4.69, 9.17) is 4.74 Å². The number of likely N-dealkylation sites (tertiary alicyclic amines) is 1. The summed E-state index contributed by atoms with van der Waals surface area (Å²) in [4.78, 5) is 2.50. The summed E-state index contributed by atoms with van der Waals surface area (Å²) in [6, 6.07) is 8.60. The van der Waals surface area contributed by atoms with Crippen LogP contribution in [0.15, 0.2) is 24.3 Å². The van der Waals surface area contributed by atoms with Crippen LogP contribution in [0.2, 0.25) is 0 Å². The van der Waals surface area contributed by atoms with Crippen molar-refractivity contribution in [1.82, 2.24) is 4.90 Å². The molecule has 0 atom stereocenters. The van der Waals surface area contributed by atoms with E-state index in [-0.39, 0.29) is 0 Å². The Morgan fingerprint density at radius 2 is 2.00 bits per heavy atom. The molecule has 1 heterocycles. The maximum atomic E-state index is 9.23. The van der Waals surface area contributed by atoms with Gasteiger partial charge in [-0.25, -0.2) is 0 Å². The Morgan fingerprint density at radius 1 is 1.23 bits per heavy atom. The normalized spacial score (nSPS) is 16.8. The molecule has 4 nitrogen and oxygen atoms in total. The third-order valence-corrected chi connectivity index (χ3v) is 4.47. The Balaban J connectivity index is 1.80. The second-order valence-electron chi connectivity index (χ2n) is 6.19. The molecule has 0 bridgehead atoms. The van der Waals surface area contributed by atoms with Crippen molar-refractivity contribution in [3.8, 4) is 0 Å². The van der Waals surface area contributed by atoms with Gasteiger partial charge >= 0.3 is 0 Å². The molecule has 0 saturated carbocycles. The van der Waals surface area contributed by atoms with Gasteiger partial charge in [-0.05, 0) is 56.3 Å². The number of hydrogen-bond acceptors (Lipinski definition) is 4. The number of anilines is 1. The zero-order valence-corrected chi connectivity index (χ0v) is 13.8. The highest BCUT2D eigenvalue weighted by atomic mass is 16.5. The van der Waals surface area contributed by atoms with Gasteiger partial charge < -0.3 is 15.2 Å². The zero-order valence-electron chi connectivity index (χ0n) is 13.8. The third-order valence-electron chi connectivity index (χ3n) is 4.47. The van der Waals surface area contributed by atoms with Gasteiger partial charge in [0.15, 0.2) is 0 Å². The minimum atomic E-state index is 0.341. The second-order valence-corrected chi connectivity index (χ2v) is 6.19. The van der Waals surface area contributed by atoms with E-state index < -0.39 is 0 Å². The maximum Gasteiger partial charge on any atom is 0.0462 e. The van der Waals surface area contributed by atoms with Crippen LogP contribution in [0, 0.1) is 5.92 Å². The van der Waals surface area contributed by atoms with Gasteiger partial charge in [-0.1, -0.05) is 18.2 Å². The van der Waals surface area contributed by atoms with E-state index >= 15 is 0 Å². The number of rotatable bonds is 9. The SMILES string of the molecule is COCCCCNc1ccccc1CN1CCC(CO)CC1. The molecule has 0 aliphatic carbocycles. The van der Waals surface area contributed by atoms with E-state index in [9.17, 15) is 5.11 Å². The molecule has 22 heavy (non-hydrogen) atoms. The van der Waals surface area contributed by atoms with E-state index in [1.165, 1.54) is 11.3 Å². The molecule has 1 saturated heterocycles. The molecule has 0 unspecified atom stereocenters. The molecule has 2 rings (SSSR count).